The molecule has 4 aromatic heterocycles. The minimum Gasteiger partial charge on any atom is -0.266 e. The van der Waals surface area contributed by atoms with Crippen molar-refractivity contribution >= 4 is 54.9 Å². The van der Waals surface area contributed by atoms with Crippen molar-refractivity contribution < 1.29 is 9.59 Å². The summed E-state index contributed by atoms with van der Waals surface area (Å²) in [5.74, 6) is 0.235. The van der Waals surface area contributed by atoms with Gasteiger partial charge in [0, 0.05) is 23.9 Å². The van der Waals surface area contributed by atoms with Gasteiger partial charge in [-0.05, 0) is 37.8 Å². The van der Waals surface area contributed by atoms with Crippen LogP contribution >= 0.6 is 22.7 Å². The number of amides is 2. The number of rotatable bonds is 6. The number of hydrogen-bond acceptors (Lipinski definition) is 6. The highest BCUT2D eigenvalue weighted by atomic mass is 32.1. The van der Waals surface area contributed by atoms with Crippen molar-refractivity contribution in [3.8, 4) is 0 Å². The van der Waals surface area contributed by atoms with Crippen LogP contribution < -0.4 is 10.9 Å². The molecule has 0 aliphatic carbocycles. The number of fused-ring (bicyclic) bond motifs is 2. The van der Waals surface area contributed by atoms with Crippen LogP contribution in [-0.2, 0) is 13.1 Å². The maximum absolute atomic E-state index is 12.7. The topological polar surface area (TPSA) is 93.8 Å². The zero-order valence-electron chi connectivity index (χ0n) is 19.1. The second kappa shape index (κ2) is 8.67. The number of carbonyl (C=O) groups is 2. The van der Waals surface area contributed by atoms with Crippen molar-refractivity contribution in [3.63, 3.8) is 0 Å². The molecule has 2 amide bonds. The minimum atomic E-state index is -0.335. The molecule has 0 spiro atoms. The Hall–Kier alpha value is -2.72. The maximum Gasteiger partial charge on any atom is 0.279 e. The van der Waals surface area contributed by atoms with Crippen LogP contribution in [-0.4, -0.2) is 31.4 Å². The van der Waals surface area contributed by atoms with Crippen LogP contribution in [0.3, 0.4) is 0 Å². The Balaban J connectivity index is 1.47. The van der Waals surface area contributed by atoms with E-state index in [0.717, 1.165) is 44.9 Å². The van der Waals surface area contributed by atoms with Gasteiger partial charge in [-0.15, -0.1) is 22.7 Å². The molecule has 8 nitrogen and oxygen atoms in total. The normalized spacial score (nSPS) is 11.9. The highest BCUT2D eigenvalue weighted by Gasteiger charge is 2.20. The first-order valence-corrected chi connectivity index (χ1v) is 12.3. The van der Waals surface area contributed by atoms with Crippen molar-refractivity contribution in [2.24, 2.45) is 11.8 Å². The molecule has 4 rings (SSSR count). The first-order chi connectivity index (χ1) is 15.1. The van der Waals surface area contributed by atoms with E-state index in [2.05, 4.69) is 48.7 Å². The van der Waals surface area contributed by atoms with Gasteiger partial charge in [-0.25, -0.2) is 0 Å². The molecular weight excluding hydrogens is 444 g/mol. The predicted octanol–water partition coefficient (Wildman–Crippen LogP) is 4.51. The fourth-order valence-electron chi connectivity index (χ4n) is 3.63. The first kappa shape index (κ1) is 22.5. The molecule has 0 unspecified atom stereocenters. The number of aromatic nitrogens is 4. The van der Waals surface area contributed by atoms with Gasteiger partial charge in [0.2, 0.25) is 0 Å². The molecule has 0 saturated carbocycles. The molecule has 0 aromatic carbocycles. The van der Waals surface area contributed by atoms with Crippen LogP contribution in [0.5, 0.6) is 0 Å². The summed E-state index contributed by atoms with van der Waals surface area (Å²) in [6, 6.07) is 3.67. The van der Waals surface area contributed by atoms with Gasteiger partial charge in [-0.1, -0.05) is 27.7 Å². The molecule has 0 bridgehead atoms. The molecule has 170 valence electrons. The molecule has 0 saturated heterocycles. The van der Waals surface area contributed by atoms with Gasteiger partial charge in [-0.2, -0.15) is 10.2 Å². The lowest BCUT2D eigenvalue weighted by molar-refractivity contribution is 0.0851. The summed E-state index contributed by atoms with van der Waals surface area (Å²) in [5, 5.41) is 11.1. The minimum absolute atomic E-state index is 0.335. The third-order valence-electron chi connectivity index (χ3n) is 5.03. The van der Waals surface area contributed by atoms with Gasteiger partial charge < -0.3 is 0 Å². The van der Waals surface area contributed by atoms with Gasteiger partial charge in [0.25, 0.3) is 11.8 Å². The third kappa shape index (κ3) is 4.29. The summed E-state index contributed by atoms with van der Waals surface area (Å²) in [6.07, 6.45) is 0. The van der Waals surface area contributed by atoms with Crippen molar-refractivity contribution in [2.75, 3.05) is 0 Å². The van der Waals surface area contributed by atoms with Crippen molar-refractivity contribution in [3.05, 3.63) is 33.3 Å². The molecule has 0 radical (unpaired) electrons. The van der Waals surface area contributed by atoms with Gasteiger partial charge in [0.05, 0.1) is 21.1 Å². The summed E-state index contributed by atoms with van der Waals surface area (Å²) < 4.78 is 3.91. The molecule has 4 aromatic rings. The SMILES string of the molecule is Cc1nn(CC(C)C)c2sc(C(=O)NNC(=O)c3cc4c(C)nn(CC(C)C)c4s3)cc12. The fraction of sp³-hybridized carbons (Fsp3) is 0.455. The predicted molar refractivity (Wildman–Crippen MR) is 129 cm³/mol. The lowest BCUT2D eigenvalue weighted by Gasteiger charge is -2.06. The zero-order chi connectivity index (χ0) is 23.2. The van der Waals surface area contributed by atoms with Gasteiger partial charge in [-0.3, -0.25) is 29.8 Å². The standard InChI is InChI=1S/C22H28N6O2S2/c1-11(2)9-27-21-15(13(5)25-27)7-17(31-21)19(29)23-24-20(30)18-8-16-14(6)26-28(10-12(3)4)22(16)32-18/h7-8,11-12H,9-10H2,1-6H3,(H,23,29)(H,24,30). The number of carbonyl (C=O) groups excluding carboxylic acids is 2. The molecule has 2 N–H and O–H groups in total. The Morgan fingerprint density at radius 2 is 1.19 bits per heavy atom. The molecule has 0 atom stereocenters. The smallest absolute Gasteiger partial charge is 0.266 e. The maximum atomic E-state index is 12.7. The number of aryl methyl sites for hydroxylation is 2. The molecule has 32 heavy (non-hydrogen) atoms. The van der Waals surface area contributed by atoms with Crippen molar-refractivity contribution in [1.82, 2.24) is 30.4 Å². The van der Waals surface area contributed by atoms with E-state index in [-0.39, 0.29) is 11.8 Å². The number of nitrogens with one attached hydrogen (secondary N) is 2. The van der Waals surface area contributed by atoms with Crippen molar-refractivity contribution in [1.29, 1.82) is 0 Å². The Kier molecular flexibility index (Phi) is 6.09. The lowest BCUT2D eigenvalue weighted by Crippen LogP contribution is -2.41. The summed E-state index contributed by atoms with van der Waals surface area (Å²) in [7, 11) is 0. The number of hydrogen-bond donors (Lipinski definition) is 2. The highest BCUT2D eigenvalue weighted by Crippen LogP contribution is 2.30. The monoisotopic (exact) mass is 472 g/mol. The molecule has 0 fully saturated rings. The van der Waals surface area contributed by atoms with Crippen LogP contribution in [0.25, 0.3) is 20.4 Å². The Morgan fingerprint density at radius 3 is 1.53 bits per heavy atom. The summed E-state index contributed by atoms with van der Waals surface area (Å²) in [4.78, 5) is 28.4. The van der Waals surface area contributed by atoms with Gasteiger partial charge in [0.1, 0.15) is 9.66 Å². The van der Waals surface area contributed by atoms with Crippen LogP contribution in [0.2, 0.25) is 0 Å². The van der Waals surface area contributed by atoms with Crippen LogP contribution in [0.15, 0.2) is 12.1 Å². The van der Waals surface area contributed by atoms with Gasteiger partial charge in [0.15, 0.2) is 0 Å². The zero-order valence-corrected chi connectivity index (χ0v) is 20.8. The Morgan fingerprint density at radius 1 is 0.812 bits per heavy atom. The number of nitrogens with zero attached hydrogens (tertiary/aromatic N) is 4. The van der Waals surface area contributed by atoms with E-state index in [1.165, 1.54) is 22.7 Å². The van der Waals surface area contributed by atoms with E-state index in [0.29, 0.717) is 21.6 Å². The fourth-order valence-corrected chi connectivity index (χ4v) is 5.76. The molecular formula is C22H28N6O2S2. The molecule has 0 aliphatic heterocycles. The van der Waals surface area contributed by atoms with Gasteiger partial charge >= 0.3 is 0 Å². The highest BCUT2D eigenvalue weighted by molar-refractivity contribution is 7.21. The van der Waals surface area contributed by atoms with E-state index in [1.807, 2.05) is 35.3 Å². The van der Waals surface area contributed by atoms with E-state index < -0.39 is 0 Å². The van der Waals surface area contributed by atoms with E-state index in [1.54, 1.807) is 0 Å². The van der Waals surface area contributed by atoms with Crippen LogP contribution in [0, 0.1) is 25.7 Å². The largest absolute Gasteiger partial charge is 0.279 e. The second-order valence-corrected chi connectivity index (χ2v) is 11.0. The summed E-state index contributed by atoms with van der Waals surface area (Å²) in [5.41, 5.74) is 6.90. The first-order valence-electron chi connectivity index (χ1n) is 10.7. The van der Waals surface area contributed by atoms with E-state index >= 15 is 0 Å². The van der Waals surface area contributed by atoms with Crippen molar-refractivity contribution in [2.45, 2.75) is 54.6 Å². The summed E-state index contributed by atoms with van der Waals surface area (Å²) >= 11 is 2.77. The Labute approximate surface area is 194 Å². The molecule has 4 heterocycles. The number of thiophene rings is 2. The molecule has 0 aliphatic rings. The summed E-state index contributed by atoms with van der Waals surface area (Å²) in [6.45, 7) is 14.0. The molecule has 10 heteroatoms. The lowest BCUT2D eigenvalue weighted by atomic mass is 10.2. The Bertz CT molecular complexity index is 1210. The quantitative estimate of drug-likeness (QED) is 0.404. The van der Waals surface area contributed by atoms with E-state index in [9.17, 15) is 9.59 Å². The third-order valence-corrected chi connectivity index (χ3v) is 7.32. The second-order valence-electron chi connectivity index (χ2n) is 8.89. The van der Waals surface area contributed by atoms with E-state index in [4.69, 9.17) is 0 Å². The van der Waals surface area contributed by atoms with Crippen LogP contribution in [0.1, 0.15) is 58.4 Å². The average Bonchev–Trinajstić information content (AvgIpc) is 3.44. The number of hydrazine groups is 1. The average molecular weight is 473 g/mol. The van der Waals surface area contributed by atoms with Crippen LogP contribution in [0.4, 0.5) is 0 Å².